The summed E-state index contributed by atoms with van der Waals surface area (Å²) in [6.07, 6.45) is 4.75. The number of morpholine rings is 1. The fourth-order valence-electron chi connectivity index (χ4n) is 4.61. The van der Waals surface area contributed by atoms with Crippen molar-refractivity contribution in [2.75, 3.05) is 50.9 Å². The van der Waals surface area contributed by atoms with Gasteiger partial charge in [-0.3, -0.25) is 9.69 Å². The Labute approximate surface area is 205 Å². The Balaban J connectivity index is 1.42. The average Bonchev–Trinajstić information content (AvgIpc) is 3.20. The molecule has 7 nitrogen and oxygen atoms in total. The molecule has 2 saturated heterocycles. The number of ether oxygens (including phenoxy) is 2. The van der Waals surface area contributed by atoms with Crippen molar-refractivity contribution in [3.8, 4) is 5.75 Å². The monoisotopic (exact) mass is 543 g/mol. The molecular weight excluding hydrogens is 518 g/mol. The molecule has 4 rings (SSSR count). The van der Waals surface area contributed by atoms with Gasteiger partial charge in [0.2, 0.25) is 0 Å². The lowest BCUT2D eigenvalue weighted by Crippen LogP contribution is -2.59. The number of rotatable bonds is 8. The first-order valence-corrected chi connectivity index (χ1v) is 12.8. The van der Waals surface area contributed by atoms with Crippen LogP contribution in [0.2, 0.25) is 5.02 Å². The van der Waals surface area contributed by atoms with E-state index >= 15 is 0 Å². The van der Waals surface area contributed by atoms with Crippen LogP contribution >= 0.6 is 38.9 Å². The predicted octanol–water partition coefficient (Wildman–Crippen LogP) is 4.33. The molecule has 1 aromatic heterocycles. The summed E-state index contributed by atoms with van der Waals surface area (Å²) in [5.74, 6) is -0.264. The number of carbonyl (C=O) groups is 1. The molecule has 0 atom stereocenters. The second kappa shape index (κ2) is 10.7. The largest absolute Gasteiger partial charge is 0.493 e. The molecule has 2 aliphatic rings. The summed E-state index contributed by atoms with van der Waals surface area (Å²) < 4.78 is 12.7. The van der Waals surface area contributed by atoms with E-state index < -0.39 is 5.97 Å². The SMILES string of the molecule is O=C(O)Cc1cc(Cl)cc(OCCC2(N3CCOCC3)CCN(c3ncc(Br)s3)CC2)c1. The number of halogens is 2. The fraction of sp³-hybridized carbons (Fsp3) is 0.545. The van der Waals surface area contributed by atoms with E-state index in [0.29, 0.717) is 22.9 Å². The molecule has 0 aliphatic carbocycles. The first-order chi connectivity index (χ1) is 15.4. The van der Waals surface area contributed by atoms with Gasteiger partial charge in [0.1, 0.15) is 5.75 Å². The van der Waals surface area contributed by atoms with Gasteiger partial charge >= 0.3 is 5.97 Å². The Hall–Kier alpha value is -1.39. The predicted molar refractivity (Wildman–Crippen MR) is 129 cm³/mol. The topological polar surface area (TPSA) is 75.1 Å². The summed E-state index contributed by atoms with van der Waals surface area (Å²) in [5.41, 5.74) is 0.697. The lowest BCUT2D eigenvalue weighted by molar-refractivity contribution is -0.136. The van der Waals surface area contributed by atoms with Gasteiger partial charge in [0, 0.05) is 36.7 Å². The van der Waals surface area contributed by atoms with Gasteiger partial charge in [-0.1, -0.05) is 22.9 Å². The van der Waals surface area contributed by atoms with Crippen LogP contribution in [0.4, 0.5) is 5.13 Å². The molecule has 174 valence electrons. The van der Waals surface area contributed by atoms with Gasteiger partial charge in [-0.15, -0.1) is 0 Å². The lowest BCUT2D eigenvalue weighted by Gasteiger charge is -2.50. The van der Waals surface area contributed by atoms with Crippen LogP contribution in [0.5, 0.6) is 5.75 Å². The van der Waals surface area contributed by atoms with E-state index in [-0.39, 0.29) is 12.0 Å². The highest BCUT2D eigenvalue weighted by Crippen LogP contribution is 2.37. The molecule has 0 amide bonds. The third kappa shape index (κ3) is 5.94. The number of aliphatic carboxylic acids is 1. The maximum Gasteiger partial charge on any atom is 0.307 e. The van der Waals surface area contributed by atoms with E-state index in [1.54, 1.807) is 29.5 Å². The number of hydrogen-bond donors (Lipinski definition) is 1. The molecule has 0 saturated carbocycles. The Morgan fingerprint density at radius 3 is 2.66 bits per heavy atom. The molecule has 2 aliphatic heterocycles. The van der Waals surface area contributed by atoms with Crippen LogP contribution in [0.15, 0.2) is 28.2 Å². The van der Waals surface area contributed by atoms with E-state index in [2.05, 4.69) is 30.7 Å². The van der Waals surface area contributed by atoms with Crippen LogP contribution in [-0.2, 0) is 16.0 Å². The van der Waals surface area contributed by atoms with Crippen molar-refractivity contribution in [1.82, 2.24) is 9.88 Å². The number of hydrogen-bond acceptors (Lipinski definition) is 7. The normalized spacial score (nSPS) is 19.1. The van der Waals surface area contributed by atoms with Crippen LogP contribution in [0.1, 0.15) is 24.8 Å². The van der Waals surface area contributed by atoms with Crippen LogP contribution in [0.3, 0.4) is 0 Å². The third-order valence-electron chi connectivity index (χ3n) is 6.23. The molecule has 1 N–H and O–H groups in total. The van der Waals surface area contributed by atoms with E-state index in [1.807, 2.05) is 6.20 Å². The van der Waals surface area contributed by atoms with Crippen molar-refractivity contribution in [3.05, 3.63) is 38.8 Å². The Morgan fingerprint density at radius 1 is 1.25 bits per heavy atom. The Morgan fingerprint density at radius 2 is 2.00 bits per heavy atom. The number of nitrogens with zero attached hydrogens (tertiary/aromatic N) is 3. The highest BCUT2D eigenvalue weighted by molar-refractivity contribution is 9.11. The van der Waals surface area contributed by atoms with Crippen LogP contribution in [0.25, 0.3) is 0 Å². The van der Waals surface area contributed by atoms with Crippen LogP contribution in [-0.4, -0.2) is 72.5 Å². The van der Waals surface area contributed by atoms with E-state index in [4.69, 9.17) is 26.2 Å². The maximum absolute atomic E-state index is 11.0. The van der Waals surface area contributed by atoms with Gasteiger partial charge in [0.25, 0.3) is 0 Å². The van der Waals surface area contributed by atoms with Gasteiger partial charge < -0.3 is 19.5 Å². The molecule has 3 heterocycles. The van der Waals surface area contributed by atoms with Crippen LogP contribution < -0.4 is 9.64 Å². The molecule has 2 fully saturated rings. The highest BCUT2D eigenvalue weighted by atomic mass is 79.9. The average molecular weight is 545 g/mol. The molecule has 0 radical (unpaired) electrons. The van der Waals surface area contributed by atoms with Gasteiger partial charge in [0.15, 0.2) is 5.13 Å². The Kier molecular flexibility index (Phi) is 7.94. The van der Waals surface area contributed by atoms with Crippen molar-refractivity contribution >= 4 is 50.0 Å². The number of carboxylic acid groups (broad SMARTS) is 1. The fourth-order valence-corrected chi connectivity index (χ4v) is 6.09. The van der Waals surface area contributed by atoms with E-state index in [9.17, 15) is 4.79 Å². The van der Waals surface area contributed by atoms with E-state index in [1.165, 1.54) is 0 Å². The minimum Gasteiger partial charge on any atom is -0.493 e. The van der Waals surface area contributed by atoms with Crippen molar-refractivity contribution < 1.29 is 19.4 Å². The summed E-state index contributed by atoms with van der Waals surface area (Å²) in [7, 11) is 0. The second-order valence-corrected chi connectivity index (χ2v) is 11.0. The minimum atomic E-state index is -0.886. The third-order valence-corrected chi connectivity index (χ3v) is 7.99. The number of thiazole rings is 1. The second-order valence-electron chi connectivity index (χ2n) is 8.22. The van der Waals surface area contributed by atoms with Crippen LogP contribution in [0, 0.1) is 0 Å². The first-order valence-electron chi connectivity index (χ1n) is 10.8. The molecule has 2 aromatic rings. The molecule has 0 unspecified atom stereocenters. The van der Waals surface area contributed by atoms with Crippen molar-refractivity contribution in [2.45, 2.75) is 31.2 Å². The summed E-state index contributed by atoms with van der Waals surface area (Å²) in [6, 6.07) is 5.19. The molecular formula is C22H27BrClN3O4S. The molecule has 10 heteroatoms. The van der Waals surface area contributed by atoms with Gasteiger partial charge in [-0.05, 0) is 59.0 Å². The van der Waals surface area contributed by atoms with Crippen molar-refractivity contribution in [2.24, 2.45) is 0 Å². The van der Waals surface area contributed by atoms with Crippen molar-refractivity contribution in [3.63, 3.8) is 0 Å². The zero-order chi connectivity index (χ0) is 22.6. The number of benzene rings is 1. The Bertz CT molecular complexity index is 930. The molecule has 32 heavy (non-hydrogen) atoms. The number of carboxylic acids is 1. The summed E-state index contributed by atoms with van der Waals surface area (Å²) in [5, 5.41) is 10.6. The maximum atomic E-state index is 11.0. The standard InChI is InChI=1S/C22H27BrClN3O4S/c23-19-15-25-21(32-19)26-4-1-22(2-5-26,27-6-9-30-10-7-27)3-8-31-18-12-16(13-20(28)29)11-17(24)14-18/h11-12,14-15H,1-10,13H2,(H,28,29). The first kappa shape index (κ1) is 23.8. The van der Waals surface area contributed by atoms with Gasteiger partial charge in [-0.25, -0.2) is 4.98 Å². The van der Waals surface area contributed by atoms with Gasteiger partial charge in [0.05, 0.1) is 36.2 Å². The minimum absolute atomic E-state index is 0.0528. The highest BCUT2D eigenvalue weighted by Gasteiger charge is 2.40. The quantitative estimate of drug-likeness (QED) is 0.530. The molecule has 0 bridgehead atoms. The summed E-state index contributed by atoms with van der Waals surface area (Å²) in [6.45, 7) is 5.85. The van der Waals surface area contributed by atoms with Gasteiger partial charge in [-0.2, -0.15) is 0 Å². The molecule has 0 spiro atoms. The zero-order valence-corrected chi connectivity index (χ0v) is 20.9. The summed E-state index contributed by atoms with van der Waals surface area (Å²) in [4.78, 5) is 20.5. The smallest absolute Gasteiger partial charge is 0.307 e. The zero-order valence-electron chi connectivity index (χ0n) is 17.8. The number of piperidine rings is 1. The van der Waals surface area contributed by atoms with E-state index in [0.717, 1.165) is 67.6 Å². The van der Waals surface area contributed by atoms with Crippen molar-refractivity contribution in [1.29, 1.82) is 0 Å². The number of anilines is 1. The number of aromatic nitrogens is 1. The summed E-state index contributed by atoms with van der Waals surface area (Å²) >= 11 is 11.4. The molecule has 1 aromatic carbocycles. The lowest BCUT2D eigenvalue weighted by atomic mass is 9.82.